The molecule has 0 aromatic carbocycles. The van der Waals surface area contributed by atoms with E-state index < -0.39 is 0 Å². The summed E-state index contributed by atoms with van der Waals surface area (Å²) in [4.78, 5) is 0. The molecule has 1 aliphatic rings. The van der Waals surface area contributed by atoms with E-state index in [1.807, 2.05) is 13.8 Å². The SMILES string of the molecule is CC(C)C(O)CNC1CCOC(C)(C)C1. The highest BCUT2D eigenvalue weighted by Gasteiger charge is 2.28. The largest absolute Gasteiger partial charge is 0.392 e. The van der Waals surface area contributed by atoms with Crippen LogP contribution in [0.3, 0.4) is 0 Å². The van der Waals surface area contributed by atoms with Crippen LogP contribution in [0.1, 0.15) is 40.5 Å². The number of aliphatic hydroxyl groups excluding tert-OH is 1. The fraction of sp³-hybridized carbons (Fsp3) is 1.00. The predicted molar refractivity (Wildman–Crippen MR) is 61.9 cm³/mol. The molecule has 2 N–H and O–H groups in total. The van der Waals surface area contributed by atoms with Crippen LogP contribution in [0, 0.1) is 5.92 Å². The van der Waals surface area contributed by atoms with Crippen LogP contribution in [0.4, 0.5) is 0 Å². The Morgan fingerprint density at radius 1 is 1.47 bits per heavy atom. The van der Waals surface area contributed by atoms with Crippen molar-refractivity contribution >= 4 is 0 Å². The molecule has 0 amide bonds. The number of rotatable bonds is 4. The van der Waals surface area contributed by atoms with Gasteiger partial charge in [-0.25, -0.2) is 0 Å². The van der Waals surface area contributed by atoms with Gasteiger partial charge in [-0.3, -0.25) is 0 Å². The minimum absolute atomic E-state index is 0.0152. The highest BCUT2D eigenvalue weighted by molar-refractivity contribution is 4.83. The van der Waals surface area contributed by atoms with E-state index in [9.17, 15) is 5.11 Å². The summed E-state index contributed by atoms with van der Waals surface area (Å²) >= 11 is 0. The molecule has 3 nitrogen and oxygen atoms in total. The third kappa shape index (κ3) is 4.49. The van der Waals surface area contributed by atoms with Gasteiger partial charge in [-0.1, -0.05) is 13.8 Å². The van der Waals surface area contributed by atoms with Gasteiger partial charge in [0.1, 0.15) is 0 Å². The molecule has 1 rings (SSSR count). The Bertz CT molecular complexity index is 192. The zero-order valence-electron chi connectivity index (χ0n) is 10.4. The fourth-order valence-corrected chi connectivity index (χ4v) is 1.93. The van der Waals surface area contributed by atoms with Crippen molar-refractivity contribution in [3.05, 3.63) is 0 Å². The Hall–Kier alpha value is -0.120. The molecule has 1 heterocycles. The highest BCUT2D eigenvalue weighted by Crippen LogP contribution is 2.23. The van der Waals surface area contributed by atoms with Gasteiger partial charge < -0.3 is 15.2 Å². The molecular formula is C12H25NO2. The van der Waals surface area contributed by atoms with Crippen LogP contribution in [0.15, 0.2) is 0 Å². The molecule has 15 heavy (non-hydrogen) atoms. The summed E-state index contributed by atoms with van der Waals surface area (Å²) in [6, 6.07) is 0.488. The van der Waals surface area contributed by atoms with Crippen molar-refractivity contribution in [3.63, 3.8) is 0 Å². The first kappa shape index (κ1) is 12.9. The smallest absolute Gasteiger partial charge is 0.0687 e. The topological polar surface area (TPSA) is 41.5 Å². The zero-order chi connectivity index (χ0) is 11.5. The molecule has 2 unspecified atom stereocenters. The van der Waals surface area contributed by atoms with Crippen molar-refractivity contribution < 1.29 is 9.84 Å². The monoisotopic (exact) mass is 215 g/mol. The lowest BCUT2D eigenvalue weighted by Gasteiger charge is -2.36. The van der Waals surface area contributed by atoms with E-state index in [-0.39, 0.29) is 11.7 Å². The van der Waals surface area contributed by atoms with E-state index in [2.05, 4.69) is 19.2 Å². The van der Waals surface area contributed by atoms with E-state index in [0.717, 1.165) is 19.4 Å². The third-order valence-electron chi connectivity index (χ3n) is 3.08. The first-order valence-electron chi connectivity index (χ1n) is 5.96. The van der Waals surface area contributed by atoms with Gasteiger partial charge in [-0.15, -0.1) is 0 Å². The molecule has 0 aliphatic carbocycles. The maximum Gasteiger partial charge on any atom is 0.0687 e. The van der Waals surface area contributed by atoms with E-state index in [1.54, 1.807) is 0 Å². The lowest BCUT2D eigenvalue weighted by atomic mass is 9.93. The number of ether oxygens (including phenoxy) is 1. The van der Waals surface area contributed by atoms with Gasteiger partial charge in [-0.05, 0) is 32.6 Å². The Balaban J connectivity index is 2.27. The maximum absolute atomic E-state index is 9.69. The van der Waals surface area contributed by atoms with Crippen molar-refractivity contribution in [1.29, 1.82) is 0 Å². The summed E-state index contributed by atoms with van der Waals surface area (Å²) in [6.45, 7) is 9.85. The average molecular weight is 215 g/mol. The average Bonchev–Trinajstić information content (AvgIpc) is 2.12. The van der Waals surface area contributed by atoms with Gasteiger partial charge in [0.05, 0.1) is 11.7 Å². The molecule has 0 radical (unpaired) electrons. The Morgan fingerprint density at radius 3 is 2.67 bits per heavy atom. The van der Waals surface area contributed by atoms with Gasteiger partial charge in [0.15, 0.2) is 0 Å². The summed E-state index contributed by atoms with van der Waals surface area (Å²) < 4.78 is 5.65. The van der Waals surface area contributed by atoms with Crippen LogP contribution in [0.2, 0.25) is 0 Å². The molecule has 90 valence electrons. The Labute approximate surface area is 93.2 Å². The highest BCUT2D eigenvalue weighted by atomic mass is 16.5. The second kappa shape index (κ2) is 5.28. The number of hydrogen-bond donors (Lipinski definition) is 2. The van der Waals surface area contributed by atoms with Gasteiger partial charge in [0.2, 0.25) is 0 Å². The lowest BCUT2D eigenvalue weighted by Crippen LogP contribution is -2.46. The van der Waals surface area contributed by atoms with Gasteiger partial charge in [-0.2, -0.15) is 0 Å². The fourth-order valence-electron chi connectivity index (χ4n) is 1.93. The first-order valence-corrected chi connectivity index (χ1v) is 5.96. The van der Waals surface area contributed by atoms with Gasteiger partial charge >= 0.3 is 0 Å². The predicted octanol–water partition coefficient (Wildman–Crippen LogP) is 1.55. The molecule has 0 aromatic rings. The Morgan fingerprint density at radius 2 is 2.13 bits per heavy atom. The second-order valence-corrected chi connectivity index (χ2v) is 5.52. The Kier molecular flexibility index (Phi) is 4.56. The molecule has 1 fully saturated rings. The molecule has 0 spiro atoms. The minimum atomic E-state index is -0.240. The molecule has 2 atom stereocenters. The quantitative estimate of drug-likeness (QED) is 0.747. The van der Waals surface area contributed by atoms with E-state index in [4.69, 9.17) is 4.74 Å². The molecular weight excluding hydrogens is 190 g/mol. The van der Waals surface area contributed by atoms with Gasteiger partial charge in [0, 0.05) is 19.2 Å². The van der Waals surface area contributed by atoms with Crippen LogP contribution in [0.25, 0.3) is 0 Å². The van der Waals surface area contributed by atoms with Crippen molar-refractivity contribution in [3.8, 4) is 0 Å². The number of hydrogen-bond acceptors (Lipinski definition) is 3. The third-order valence-corrected chi connectivity index (χ3v) is 3.08. The standard InChI is InChI=1S/C12H25NO2/c1-9(2)11(14)8-13-10-5-6-15-12(3,4)7-10/h9-11,13-14H,5-8H2,1-4H3. The minimum Gasteiger partial charge on any atom is -0.392 e. The van der Waals surface area contributed by atoms with Crippen molar-refractivity contribution in [1.82, 2.24) is 5.32 Å². The summed E-state index contributed by atoms with van der Waals surface area (Å²) in [5.41, 5.74) is -0.0152. The molecule has 1 aliphatic heterocycles. The van der Waals surface area contributed by atoms with Crippen LogP contribution in [-0.2, 0) is 4.74 Å². The van der Waals surface area contributed by atoms with Crippen molar-refractivity contribution in [2.45, 2.75) is 58.3 Å². The van der Waals surface area contributed by atoms with Crippen LogP contribution >= 0.6 is 0 Å². The number of nitrogens with one attached hydrogen (secondary N) is 1. The lowest BCUT2D eigenvalue weighted by molar-refractivity contribution is -0.0642. The van der Waals surface area contributed by atoms with Crippen LogP contribution in [0.5, 0.6) is 0 Å². The van der Waals surface area contributed by atoms with Crippen LogP contribution in [-0.4, -0.2) is 36.0 Å². The maximum atomic E-state index is 9.69. The van der Waals surface area contributed by atoms with E-state index in [0.29, 0.717) is 18.5 Å². The summed E-state index contributed by atoms with van der Waals surface area (Å²) in [5, 5.41) is 13.1. The molecule has 1 saturated heterocycles. The summed E-state index contributed by atoms with van der Waals surface area (Å²) in [7, 11) is 0. The zero-order valence-corrected chi connectivity index (χ0v) is 10.4. The normalized spacial score (nSPS) is 28.0. The van der Waals surface area contributed by atoms with Crippen molar-refractivity contribution in [2.24, 2.45) is 5.92 Å². The molecule has 0 bridgehead atoms. The van der Waals surface area contributed by atoms with E-state index in [1.165, 1.54) is 0 Å². The van der Waals surface area contributed by atoms with Crippen molar-refractivity contribution in [2.75, 3.05) is 13.2 Å². The first-order chi connectivity index (χ1) is 6.91. The van der Waals surface area contributed by atoms with Gasteiger partial charge in [0.25, 0.3) is 0 Å². The summed E-state index contributed by atoms with van der Waals surface area (Å²) in [5.74, 6) is 0.324. The number of aliphatic hydroxyl groups is 1. The summed E-state index contributed by atoms with van der Waals surface area (Å²) in [6.07, 6.45) is 1.84. The van der Waals surface area contributed by atoms with Crippen LogP contribution < -0.4 is 5.32 Å². The molecule has 3 heteroatoms. The molecule has 0 aromatic heterocycles. The van der Waals surface area contributed by atoms with E-state index >= 15 is 0 Å². The second-order valence-electron chi connectivity index (χ2n) is 5.52. The molecule has 0 saturated carbocycles.